The molecular formula is C13H19N3O2. The maximum Gasteiger partial charge on any atom is 0.321 e. The first-order valence-electron chi connectivity index (χ1n) is 6.05. The Kier molecular flexibility index (Phi) is 3.43. The Morgan fingerprint density at radius 1 is 1.56 bits per heavy atom. The Morgan fingerprint density at radius 2 is 2.28 bits per heavy atom. The lowest BCUT2D eigenvalue weighted by molar-refractivity contribution is 0.102. The molecule has 18 heavy (non-hydrogen) atoms. The van der Waals surface area contributed by atoms with E-state index in [0.29, 0.717) is 13.1 Å². The van der Waals surface area contributed by atoms with Crippen molar-refractivity contribution in [2.24, 2.45) is 5.73 Å². The van der Waals surface area contributed by atoms with Gasteiger partial charge in [-0.05, 0) is 18.6 Å². The number of amides is 2. The number of likely N-dealkylation sites (tertiary alicyclic amines) is 1. The van der Waals surface area contributed by atoms with Crippen LogP contribution >= 0.6 is 0 Å². The molecule has 3 N–H and O–H groups in total. The molecule has 0 bridgehead atoms. The minimum absolute atomic E-state index is 0.113. The van der Waals surface area contributed by atoms with E-state index in [1.54, 1.807) is 18.1 Å². The highest BCUT2D eigenvalue weighted by molar-refractivity contribution is 5.90. The number of carbonyl (C=O) groups excluding carboxylic acids is 1. The van der Waals surface area contributed by atoms with Gasteiger partial charge in [-0.15, -0.1) is 0 Å². The maximum absolute atomic E-state index is 11.9. The van der Waals surface area contributed by atoms with Crippen LogP contribution in [-0.4, -0.2) is 36.7 Å². The molecule has 0 radical (unpaired) electrons. The molecule has 0 unspecified atom stereocenters. The fourth-order valence-corrected chi connectivity index (χ4v) is 1.98. The molecule has 0 atom stereocenters. The molecule has 1 fully saturated rings. The fourth-order valence-electron chi connectivity index (χ4n) is 1.98. The van der Waals surface area contributed by atoms with Gasteiger partial charge >= 0.3 is 6.03 Å². The van der Waals surface area contributed by atoms with Crippen LogP contribution in [-0.2, 0) is 0 Å². The average molecular weight is 249 g/mol. The summed E-state index contributed by atoms with van der Waals surface area (Å²) >= 11 is 0. The van der Waals surface area contributed by atoms with Gasteiger partial charge in [-0.2, -0.15) is 0 Å². The summed E-state index contributed by atoms with van der Waals surface area (Å²) in [7, 11) is 1.60. The van der Waals surface area contributed by atoms with Gasteiger partial charge in [0.1, 0.15) is 5.75 Å². The van der Waals surface area contributed by atoms with Gasteiger partial charge in [0.25, 0.3) is 0 Å². The molecule has 0 spiro atoms. The number of nitrogens with one attached hydrogen (secondary N) is 1. The van der Waals surface area contributed by atoms with E-state index in [2.05, 4.69) is 5.32 Å². The monoisotopic (exact) mass is 249 g/mol. The number of nitrogens with two attached hydrogens (primary N) is 1. The largest absolute Gasteiger partial charge is 0.497 e. The Bertz CT molecular complexity index is 442. The average Bonchev–Trinajstić information content (AvgIpc) is 2.35. The van der Waals surface area contributed by atoms with Crippen molar-refractivity contribution in [3.8, 4) is 5.75 Å². The van der Waals surface area contributed by atoms with Crippen LogP contribution in [0.3, 0.4) is 0 Å². The van der Waals surface area contributed by atoms with E-state index in [-0.39, 0.29) is 11.6 Å². The van der Waals surface area contributed by atoms with Crippen molar-refractivity contribution in [1.29, 1.82) is 0 Å². The molecule has 1 aliphatic rings. The van der Waals surface area contributed by atoms with E-state index in [1.807, 2.05) is 25.1 Å². The summed E-state index contributed by atoms with van der Waals surface area (Å²) < 4.78 is 5.10. The van der Waals surface area contributed by atoms with Gasteiger partial charge in [-0.25, -0.2) is 4.79 Å². The third kappa shape index (κ3) is 2.56. The Hall–Kier alpha value is -1.75. The summed E-state index contributed by atoms with van der Waals surface area (Å²) in [4.78, 5) is 13.6. The van der Waals surface area contributed by atoms with Crippen LogP contribution in [0.5, 0.6) is 5.75 Å². The summed E-state index contributed by atoms with van der Waals surface area (Å²) in [6, 6.07) is 7.17. The molecule has 1 aliphatic heterocycles. The van der Waals surface area contributed by atoms with Crippen molar-refractivity contribution in [1.82, 2.24) is 4.90 Å². The molecule has 5 heteroatoms. The molecule has 98 valence electrons. The van der Waals surface area contributed by atoms with Crippen LogP contribution in [0.4, 0.5) is 10.5 Å². The SMILES string of the molecule is CCC1(N)CN(C(=O)Nc2cccc(OC)c2)C1. The van der Waals surface area contributed by atoms with Crippen molar-refractivity contribution in [3.05, 3.63) is 24.3 Å². The molecule has 0 saturated carbocycles. The molecule has 1 saturated heterocycles. The predicted octanol–water partition coefficient (Wildman–Crippen LogP) is 1.65. The molecule has 1 aromatic carbocycles. The Labute approximate surface area is 107 Å². The Morgan fingerprint density at radius 3 is 2.89 bits per heavy atom. The first-order chi connectivity index (χ1) is 8.56. The molecule has 5 nitrogen and oxygen atoms in total. The van der Waals surface area contributed by atoms with Gasteiger partial charge in [-0.1, -0.05) is 13.0 Å². The van der Waals surface area contributed by atoms with E-state index >= 15 is 0 Å². The van der Waals surface area contributed by atoms with Gasteiger partial charge in [0.2, 0.25) is 0 Å². The lowest BCUT2D eigenvalue weighted by Gasteiger charge is -2.47. The third-order valence-electron chi connectivity index (χ3n) is 3.32. The first kappa shape index (κ1) is 12.7. The van der Waals surface area contributed by atoms with Crippen LogP contribution in [0, 0.1) is 0 Å². The zero-order valence-corrected chi connectivity index (χ0v) is 10.8. The second-order valence-electron chi connectivity index (χ2n) is 4.73. The van der Waals surface area contributed by atoms with Crippen molar-refractivity contribution in [2.45, 2.75) is 18.9 Å². The second-order valence-corrected chi connectivity index (χ2v) is 4.73. The van der Waals surface area contributed by atoms with Gasteiger partial charge in [0, 0.05) is 24.8 Å². The summed E-state index contributed by atoms with van der Waals surface area (Å²) in [5.41, 5.74) is 6.55. The zero-order chi connectivity index (χ0) is 13.2. The van der Waals surface area contributed by atoms with Crippen molar-refractivity contribution < 1.29 is 9.53 Å². The molecular weight excluding hydrogens is 230 g/mol. The van der Waals surface area contributed by atoms with E-state index in [0.717, 1.165) is 17.9 Å². The third-order valence-corrected chi connectivity index (χ3v) is 3.32. The predicted molar refractivity (Wildman–Crippen MR) is 70.8 cm³/mol. The second kappa shape index (κ2) is 4.86. The van der Waals surface area contributed by atoms with Crippen LogP contribution in [0.2, 0.25) is 0 Å². The summed E-state index contributed by atoms with van der Waals surface area (Å²) in [6.45, 7) is 3.26. The highest BCUT2D eigenvalue weighted by Crippen LogP contribution is 2.23. The molecule has 0 aromatic heterocycles. The first-order valence-corrected chi connectivity index (χ1v) is 6.05. The normalized spacial score (nSPS) is 16.9. The van der Waals surface area contributed by atoms with Gasteiger partial charge < -0.3 is 20.7 Å². The number of nitrogens with zero attached hydrogens (tertiary/aromatic N) is 1. The lowest BCUT2D eigenvalue weighted by atomic mass is 9.89. The Balaban J connectivity index is 1.92. The number of benzene rings is 1. The number of methoxy groups -OCH3 is 1. The summed E-state index contributed by atoms with van der Waals surface area (Å²) in [5, 5.41) is 2.83. The van der Waals surface area contributed by atoms with Crippen molar-refractivity contribution >= 4 is 11.7 Å². The number of hydrogen-bond donors (Lipinski definition) is 2. The standard InChI is InChI=1S/C13H19N3O2/c1-3-13(14)8-16(9-13)12(17)15-10-5-4-6-11(7-10)18-2/h4-7H,3,8-9,14H2,1-2H3,(H,15,17). The quantitative estimate of drug-likeness (QED) is 0.856. The minimum atomic E-state index is -0.203. The molecule has 2 rings (SSSR count). The van der Waals surface area contributed by atoms with Crippen LogP contribution < -0.4 is 15.8 Å². The zero-order valence-electron chi connectivity index (χ0n) is 10.8. The molecule has 1 heterocycles. The van der Waals surface area contributed by atoms with Gasteiger partial charge in [0.15, 0.2) is 0 Å². The molecule has 1 aromatic rings. The number of anilines is 1. The van der Waals surface area contributed by atoms with Gasteiger partial charge in [-0.3, -0.25) is 0 Å². The van der Waals surface area contributed by atoms with E-state index in [4.69, 9.17) is 10.5 Å². The van der Waals surface area contributed by atoms with E-state index < -0.39 is 0 Å². The fraction of sp³-hybridized carbons (Fsp3) is 0.462. The highest BCUT2D eigenvalue weighted by Gasteiger charge is 2.40. The molecule has 2 amide bonds. The number of hydrogen-bond acceptors (Lipinski definition) is 3. The van der Waals surface area contributed by atoms with Crippen molar-refractivity contribution in [3.63, 3.8) is 0 Å². The van der Waals surface area contributed by atoms with E-state index in [9.17, 15) is 4.79 Å². The van der Waals surface area contributed by atoms with Crippen LogP contribution in [0.25, 0.3) is 0 Å². The van der Waals surface area contributed by atoms with Crippen molar-refractivity contribution in [2.75, 3.05) is 25.5 Å². The van der Waals surface area contributed by atoms with Crippen LogP contribution in [0.1, 0.15) is 13.3 Å². The lowest BCUT2D eigenvalue weighted by Crippen LogP contribution is -2.68. The van der Waals surface area contributed by atoms with Crippen LogP contribution in [0.15, 0.2) is 24.3 Å². The number of carbonyl (C=O) groups is 1. The minimum Gasteiger partial charge on any atom is -0.497 e. The number of urea groups is 1. The topological polar surface area (TPSA) is 67.6 Å². The van der Waals surface area contributed by atoms with E-state index in [1.165, 1.54) is 0 Å². The number of rotatable bonds is 3. The summed E-state index contributed by atoms with van der Waals surface area (Å²) in [6.07, 6.45) is 0.885. The highest BCUT2D eigenvalue weighted by atomic mass is 16.5. The maximum atomic E-state index is 11.9. The smallest absolute Gasteiger partial charge is 0.321 e. The summed E-state index contributed by atoms with van der Waals surface area (Å²) in [5.74, 6) is 0.720. The number of ether oxygens (including phenoxy) is 1. The van der Waals surface area contributed by atoms with Gasteiger partial charge in [0.05, 0.1) is 12.6 Å². The molecule has 0 aliphatic carbocycles.